The van der Waals surface area contributed by atoms with Crippen molar-refractivity contribution in [3.63, 3.8) is 0 Å². The molecule has 0 heterocycles. The number of rotatable bonds is 2. The van der Waals surface area contributed by atoms with Crippen LogP contribution in [0.15, 0.2) is 23.3 Å². The number of benzene rings is 1. The predicted octanol–water partition coefficient (Wildman–Crippen LogP) is 3.01. The van der Waals surface area contributed by atoms with Gasteiger partial charge in [0, 0.05) is 10.5 Å². The summed E-state index contributed by atoms with van der Waals surface area (Å²) in [6.45, 7) is 0.138. The standard InChI is InChI=1S/C10H8ClN3O/c1-15-9-5-4-8(10(11)7-9)3-2-6-13-14-12/h4-5,7H,6H2,1H3. The molecule has 0 aliphatic carbocycles. The Hall–Kier alpha value is -1.82. The normalized spacial score (nSPS) is 8.40. The molecule has 0 saturated heterocycles. The number of halogens is 1. The molecule has 15 heavy (non-hydrogen) atoms. The lowest BCUT2D eigenvalue weighted by atomic mass is 10.2. The predicted molar refractivity (Wildman–Crippen MR) is 58.9 cm³/mol. The Morgan fingerprint density at radius 1 is 1.60 bits per heavy atom. The van der Waals surface area contributed by atoms with E-state index in [1.165, 1.54) is 0 Å². The van der Waals surface area contributed by atoms with Crippen LogP contribution in [0.5, 0.6) is 5.75 Å². The molecule has 1 rings (SSSR count). The molecular formula is C10H8ClN3O. The van der Waals surface area contributed by atoms with Crippen molar-refractivity contribution in [1.29, 1.82) is 0 Å². The lowest BCUT2D eigenvalue weighted by Gasteiger charge is -2.00. The maximum absolute atomic E-state index is 8.03. The van der Waals surface area contributed by atoms with Gasteiger partial charge >= 0.3 is 0 Å². The summed E-state index contributed by atoms with van der Waals surface area (Å²) in [5.41, 5.74) is 8.72. The first-order chi connectivity index (χ1) is 7.27. The second-order valence-corrected chi connectivity index (χ2v) is 2.94. The Morgan fingerprint density at radius 3 is 3.00 bits per heavy atom. The highest BCUT2D eigenvalue weighted by Crippen LogP contribution is 2.21. The molecule has 5 heteroatoms. The maximum Gasteiger partial charge on any atom is 0.120 e. The van der Waals surface area contributed by atoms with Crippen LogP contribution in [-0.4, -0.2) is 13.7 Å². The molecule has 0 radical (unpaired) electrons. The molecule has 1 aromatic rings. The van der Waals surface area contributed by atoms with Gasteiger partial charge in [0.25, 0.3) is 0 Å². The molecule has 0 unspecified atom stereocenters. The Kier molecular flexibility index (Phi) is 4.36. The Morgan fingerprint density at radius 2 is 2.40 bits per heavy atom. The van der Waals surface area contributed by atoms with Crippen LogP contribution in [0, 0.1) is 11.8 Å². The average molecular weight is 222 g/mol. The van der Waals surface area contributed by atoms with Gasteiger partial charge < -0.3 is 4.74 Å². The van der Waals surface area contributed by atoms with Gasteiger partial charge in [0.1, 0.15) is 5.75 Å². The molecule has 0 aliphatic heterocycles. The first-order valence-corrected chi connectivity index (χ1v) is 4.49. The first kappa shape index (κ1) is 11.3. The third-order valence-corrected chi connectivity index (χ3v) is 1.93. The van der Waals surface area contributed by atoms with Crippen molar-refractivity contribution in [3.8, 4) is 17.6 Å². The van der Waals surface area contributed by atoms with Gasteiger partial charge in [0.15, 0.2) is 0 Å². The lowest BCUT2D eigenvalue weighted by Crippen LogP contribution is -1.84. The van der Waals surface area contributed by atoms with Crippen molar-refractivity contribution in [1.82, 2.24) is 0 Å². The van der Waals surface area contributed by atoms with Gasteiger partial charge in [-0.2, -0.15) is 0 Å². The lowest BCUT2D eigenvalue weighted by molar-refractivity contribution is 0.415. The molecule has 0 saturated carbocycles. The molecule has 0 N–H and O–H groups in total. The Bertz CT molecular complexity index is 455. The van der Waals surface area contributed by atoms with Crippen LogP contribution in [0.4, 0.5) is 0 Å². The molecule has 0 atom stereocenters. The van der Waals surface area contributed by atoms with E-state index in [1.807, 2.05) is 0 Å². The molecular weight excluding hydrogens is 214 g/mol. The molecule has 76 valence electrons. The summed E-state index contributed by atoms with van der Waals surface area (Å²) in [6, 6.07) is 5.20. The molecule has 0 aromatic heterocycles. The minimum atomic E-state index is 0.138. The quantitative estimate of drug-likeness (QED) is 0.328. The summed E-state index contributed by atoms with van der Waals surface area (Å²) in [6.07, 6.45) is 0. The van der Waals surface area contributed by atoms with Gasteiger partial charge in [-0.15, -0.1) is 0 Å². The highest BCUT2D eigenvalue weighted by atomic mass is 35.5. The Balaban J connectivity index is 2.85. The van der Waals surface area contributed by atoms with E-state index >= 15 is 0 Å². The zero-order valence-electron chi connectivity index (χ0n) is 8.07. The average Bonchev–Trinajstić information content (AvgIpc) is 2.26. The van der Waals surface area contributed by atoms with Crippen LogP contribution >= 0.6 is 11.6 Å². The van der Waals surface area contributed by atoms with Crippen molar-refractivity contribution in [2.45, 2.75) is 0 Å². The summed E-state index contributed by atoms with van der Waals surface area (Å²) >= 11 is 5.94. The fourth-order valence-corrected chi connectivity index (χ4v) is 1.14. The zero-order valence-corrected chi connectivity index (χ0v) is 8.82. The third-order valence-electron chi connectivity index (χ3n) is 1.61. The van der Waals surface area contributed by atoms with Crippen molar-refractivity contribution < 1.29 is 4.74 Å². The van der Waals surface area contributed by atoms with E-state index in [9.17, 15) is 0 Å². The van der Waals surface area contributed by atoms with Crippen LogP contribution in [0.2, 0.25) is 5.02 Å². The second-order valence-electron chi connectivity index (χ2n) is 2.54. The minimum absolute atomic E-state index is 0.138. The summed E-state index contributed by atoms with van der Waals surface area (Å²) in [7, 11) is 1.57. The number of hydrogen-bond donors (Lipinski definition) is 0. The summed E-state index contributed by atoms with van der Waals surface area (Å²) in [5, 5.41) is 3.81. The van der Waals surface area contributed by atoms with Gasteiger partial charge in [-0.3, -0.25) is 0 Å². The largest absolute Gasteiger partial charge is 0.497 e. The number of methoxy groups -OCH3 is 1. The van der Waals surface area contributed by atoms with Crippen LogP contribution < -0.4 is 4.74 Å². The van der Waals surface area contributed by atoms with Gasteiger partial charge in [-0.05, 0) is 23.7 Å². The molecule has 4 nitrogen and oxygen atoms in total. The summed E-state index contributed by atoms with van der Waals surface area (Å²) < 4.78 is 4.99. The van der Waals surface area contributed by atoms with Gasteiger partial charge in [-0.25, -0.2) is 0 Å². The van der Waals surface area contributed by atoms with E-state index in [1.54, 1.807) is 25.3 Å². The first-order valence-electron chi connectivity index (χ1n) is 4.11. The van der Waals surface area contributed by atoms with Gasteiger partial charge in [-0.1, -0.05) is 28.6 Å². The molecule has 0 amide bonds. The smallest absolute Gasteiger partial charge is 0.120 e. The van der Waals surface area contributed by atoms with Crippen molar-refractivity contribution in [3.05, 3.63) is 39.2 Å². The second kappa shape index (κ2) is 5.82. The van der Waals surface area contributed by atoms with Crippen molar-refractivity contribution in [2.75, 3.05) is 13.7 Å². The highest BCUT2D eigenvalue weighted by molar-refractivity contribution is 6.31. The van der Waals surface area contributed by atoms with E-state index in [2.05, 4.69) is 21.9 Å². The minimum Gasteiger partial charge on any atom is -0.497 e. The number of nitrogens with zero attached hydrogens (tertiary/aromatic N) is 3. The highest BCUT2D eigenvalue weighted by Gasteiger charge is 1.98. The molecule has 1 aromatic carbocycles. The van der Waals surface area contributed by atoms with E-state index in [-0.39, 0.29) is 6.54 Å². The molecule has 0 aliphatic rings. The van der Waals surface area contributed by atoms with Crippen LogP contribution in [0.3, 0.4) is 0 Å². The summed E-state index contributed by atoms with van der Waals surface area (Å²) in [4.78, 5) is 2.59. The van der Waals surface area contributed by atoms with Crippen LogP contribution in [0.25, 0.3) is 10.4 Å². The SMILES string of the molecule is COc1ccc(C#CCN=[N+]=[N-])c(Cl)c1. The van der Waals surface area contributed by atoms with Gasteiger partial charge in [0.05, 0.1) is 18.7 Å². The molecule has 0 spiro atoms. The monoisotopic (exact) mass is 221 g/mol. The van der Waals surface area contributed by atoms with Crippen LogP contribution in [-0.2, 0) is 0 Å². The van der Waals surface area contributed by atoms with E-state index in [0.29, 0.717) is 16.3 Å². The molecule has 0 bridgehead atoms. The Labute approximate surface area is 92.4 Å². The fraction of sp³-hybridized carbons (Fsp3) is 0.200. The van der Waals surface area contributed by atoms with Crippen LogP contribution in [0.1, 0.15) is 5.56 Å². The fourth-order valence-electron chi connectivity index (χ4n) is 0.926. The molecule has 0 fully saturated rings. The van der Waals surface area contributed by atoms with E-state index < -0.39 is 0 Å². The van der Waals surface area contributed by atoms with E-state index in [4.69, 9.17) is 21.9 Å². The number of ether oxygens (including phenoxy) is 1. The summed E-state index contributed by atoms with van der Waals surface area (Å²) in [5.74, 6) is 6.16. The zero-order chi connectivity index (χ0) is 11.1. The van der Waals surface area contributed by atoms with E-state index in [0.717, 1.165) is 0 Å². The number of azide groups is 1. The van der Waals surface area contributed by atoms with Crippen molar-refractivity contribution in [2.24, 2.45) is 5.11 Å². The topological polar surface area (TPSA) is 58.0 Å². The maximum atomic E-state index is 8.03. The van der Waals surface area contributed by atoms with Crippen molar-refractivity contribution >= 4 is 11.6 Å². The third kappa shape index (κ3) is 3.43. The number of hydrogen-bond acceptors (Lipinski definition) is 2. The van der Waals surface area contributed by atoms with Gasteiger partial charge in [0.2, 0.25) is 0 Å².